The van der Waals surface area contributed by atoms with Crippen LogP contribution in [0.1, 0.15) is 44.1 Å². The highest BCUT2D eigenvalue weighted by Gasteiger charge is 2.28. The normalized spacial score (nSPS) is 11.0. The number of benzene rings is 1. The lowest BCUT2D eigenvalue weighted by Crippen LogP contribution is -2.27. The Morgan fingerprint density at radius 3 is 2.63 bits per heavy atom. The molecule has 30 heavy (non-hydrogen) atoms. The smallest absolute Gasteiger partial charge is 0.271 e. The lowest BCUT2D eigenvalue weighted by atomic mass is 9.98. The standard InChI is InChI=1S/C23H18N2O5/c1-12-6-7-18-16(9-12)14(3)21(30-18)20(26)19-13(2)17(10-24)22(27)25(23(19)28)11-15-5-4-8-29-15/h4-9,28H,11H2,1-3H3. The first-order valence-electron chi connectivity index (χ1n) is 9.26. The summed E-state index contributed by atoms with van der Waals surface area (Å²) in [5, 5.41) is 21.2. The van der Waals surface area contributed by atoms with Crippen molar-refractivity contribution in [3.8, 4) is 11.9 Å². The Morgan fingerprint density at radius 2 is 1.97 bits per heavy atom. The fourth-order valence-corrected chi connectivity index (χ4v) is 3.59. The summed E-state index contributed by atoms with van der Waals surface area (Å²) in [5.74, 6) is -0.676. The van der Waals surface area contributed by atoms with Crippen LogP contribution in [0.15, 0.2) is 50.2 Å². The summed E-state index contributed by atoms with van der Waals surface area (Å²) in [7, 11) is 0. The number of nitriles is 1. The first-order valence-corrected chi connectivity index (χ1v) is 9.26. The number of nitrogens with zero attached hydrogens (tertiary/aromatic N) is 2. The molecule has 0 atom stereocenters. The van der Waals surface area contributed by atoms with Crippen LogP contribution in [0.4, 0.5) is 0 Å². The number of carbonyl (C=O) groups is 1. The fraction of sp³-hybridized carbons (Fsp3) is 0.174. The lowest BCUT2D eigenvalue weighted by Gasteiger charge is -2.14. The molecule has 0 saturated heterocycles. The van der Waals surface area contributed by atoms with Crippen molar-refractivity contribution < 1.29 is 18.7 Å². The zero-order valence-electron chi connectivity index (χ0n) is 16.6. The number of aromatic nitrogens is 1. The average Bonchev–Trinajstić information content (AvgIpc) is 3.34. The van der Waals surface area contributed by atoms with Gasteiger partial charge in [0.25, 0.3) is 5.56 Å². The quantitative estimate of drug-likeness (QED) is 0.517. The highest BCUT2D eigenvalue weighted by atomic mass is 16.3. The Morgan fingerprint density at radius 1 is 1.20 bits per heavy atom. The summed E-state index contributed by atoms with van der Waals surface area (Å²) in [4.78, 5) is 26.1. The predicted molar refractivity (Wildman–Crippen MR) is 109 cm³/mol. The number of aryl methyl sites for hydroxylation is 2. The third-order valence-corrected chi connectivity index (χ3v) is 5.22. The second kappa shape index (κ2) is 7.08. The number of hydrogen-bond acceptors (Lipinski definition) is 6. The second-order valence-corrected chi connectivity index (χ2v) is 7.17. The molecular weight excluding hydrogens is 384 g/mol. The Kier molecular flexibility index (Phi) is 4.55. The number of rotatable bonds is 4. The van der Waals surface area contributed by atoms with Crippen LogP contribution in [-0.2, 0) is 6.54 Å². The zero-order valence-corrected chi connectivity index (χ0v) is 16.6. The van der Waals surface area contributed by atoms with Gasteiger partial charge in [0, 0.05) is 10.9 Å². The van der Waals surface area contributed by atoms with Crippen molar-refractivity contribution in [3.63, 3.8) is 0 Å². The number of aromatic hydroxyl groups is 1. The van der Waals surface area contributed by atoms with Crippen molar-refractivity contribution in [2.24, 2.45) is 0 Å². The minimum absolute atomic E-state index is 0.0566. The van der Waals surface area contributed by atoms with Gasteiger partial charge in [0.05, 0.1) is 18.4 Å². The van der Waals surface area contributed by atoms with Crippen LogP contribution in [0, 0.1) is 32.1 Å². The van der Waals surface area contributed by atoms with E-state index in [1.165, 1.54) is 13.2 Å². The molecule has 0 amide bonds. The van der Waals surface area contributed by atoms with Crippen LogP contribution in [0.2, 0.25) is 0 Å². The Labute approximate surface area is 171 Å². The summed E-state index contributed by atoms with van der Waals surface area (Å²) in [6.07, 6.45) is 1.43. The third kappa shape index (κ3) is 2.90. The maximum Gasteiger partial charge on any atom is 0.271 e. The van der Waals surface area contributed by atoms with E-state index in [0.29, 0.717) is 16.9 Å². The van der Waals surface area contributed by atoms with Crippen LogP contribution in [0.3, 0.4) is 0 Å². The van der Waals surface area contributed by atoms with Crippen molar-refractivity contribution in [1.29, 1.82) is 5.26 Å². The zero-order chi connectivity index (χ0) is 21.6. The summed E-state index contributed by atoms with van der Waals surface area (Å²) < 4.78 is 12.0. The molecule has 0 spiro atoms. The minimum Gasteiger partial charge on any atom is -0.494 e. The minimum atomic E-state index is -0.697. The number of furan rings is 2. The summed E-state index contributed by atoms with van der Waals surface area (Å²) in [6, 6.07) is 10.7. The molecule has 1 N–H and O–H groups in total. The number of ketones is 1. The van der Waals surface area contributed by atoms with Crippen LogP contribution >= 0.6 is 0 Å². The van der Waals surface area contributed by atoms with Gasteiger partial charge >= 0.3 is 0 Å². The van der Waals surface area contributed by atoms with Gasteiger partial charge in [-0.1, -0.05) is 11.6 Å². The maximum absolute atomic E-state index is 13.4. The van der Waals surface area contributed by atoms with Gasteiger partial charge in [-0.3, -0.25) is 14.2 Å². The number of fused-ring (bicyclic) bond motifs is 1. The van der Waals surface area contributed by atoms with Crippen LogP contribution < -0.4 is 5.56 Å². The van der Waals surface area contributed by atoms with E-state index in [1.54, 1.807) is 25.1 Å². The van der Waals surface area contributed by atoms with Gasteiger partial charge in [-0.15, -0.1) is 0 Å². The predicted octanol–water partition coefficient (Wildman–Crippen LogP) is 3.97. The molecule has 4 aromatic rings. The van der Waals surface area contributed by atoms with Gasteiger partial charge in [-0.2, -0.15) is 5.26 Å². The molecule has 0 fully saturated rings. The van der Waals surface area contributed by atoms with Crippen molar-refractivity contribution in [2.75, 3.05) is 0 Å². The van der Waals surface area contributed by atoms with Gasteiger partial charge in [-0.25, -0.2) is 0 Å². The average molecular weight is 402 g/mol. The van der Waals surface area contributed by atoms with E-state index in [4.69, 9.17) is 8.83 Å². The van der Waals surface area contributed by atoms with Gasteiger partial charge in [-0.05, 0) is 50.6 Å². The third-order valence-electron chi connectivity index (χ3n) is 5.22. The highest BCUT2D eigenvalue weighted by Crippen LogP contribution is 2.31. The molecule has 0 saturated carbocycles. The molecule has 0 aliphatic heterocycles. The second-order valence-electron chi connectivity index (χ2n) is 7.17. The molecule has 0 bridgehead atoms. The van der Waals surface area contributed by atoms with E-state index in [1.807, 2.05) is 25.1 Å². The van der Waals surface area contributed by atoms with Crippen LogP contribution in [-0.4, -0.2) is 15.5 Å². The van der Waals surface area contributed by atoms with Crippen molar-refractivity contribution in [1.82, 2.24) is 4.57 Å². The van der Waals surface area contributed by atoms with Crippen molar-refractivity contribution in [2.45, 2.75) is 27.3 Å². The molecule has 7 nitrogen and oxygen atoms in total. The van der Waals surface area contributed by atoms with E-state index in [0.717, 1.165) is 15.5 Å². The largest absolute Gasteiger partial charge is 0.494 e. The molecule has 0 radical (unpaired) electrons. The van der Waals surface area contributed by atoms with Gasteiger partial charge in [0.15, 0.2) is 5.76 Å². The molecule has 1 aromatic carbocycles. The van der Waals surface area contributed by atoms with E-state index >= 15 is 0 Å². The van der Waals surface area contributed by atoms with Crippen molar-refractivity contribution in [3.05, 3.63) is 86.3 Å². The van der Waals surface area contributed by atoms with Gasteiger partial charge < -0.3 is 13.9 Å². The number of carbonyl (C=O) groups excluding carboxylic acids is 1. The molecule has 0 unspecified atom stereocenters. The molecule has 7 heteroatoms. The van der Waals surface area contributed by atoms with Gasteiger partial charge in [0.2, 0.25) is 11.7 Å². The SMILES string of the molecule is Cc1ccc2oc(C(=O)c3c(C)c(C#N)c(=O)n(Cc4ccco4)c3O)c(C)c2c1. The van der Waals surface area contributed by atoms with Gasteiger partial charge in [0.1, 0.15) is 23.0 Å². The summed E-state index contributed by atoms with van der Waals surface area (Å²) in [5.41, 5.74) is 1.24. The molecule has 3 heterocycles. The maximum atomic E-state index is 13.4. The van der Waals surface area contributed by atoms with Crippen LogP contribution in [0.25, 0.3) is 11.0 Å². The number of hydrogen-bond donors (Lipinski definition) is 1. The van der Waals surface area contributed by atoms with E-state index in [-0.39, 0.29) is 29.0 Å². The van der Waals surface area contributed by atoms with Crippen molar-refractivity contribution >= 4 is 16.8 Å². The monoisotopic (exact) mass is 402 g/mol. The van der Waals surface area contributed by atoms with E-state index in [9.17, 15) is 20.0 Å². The Hall–Kier alpha value is -4.05. The first-order chi connectivity index (χ1) is 14.3. The first kappa shape index (κ1) is 19.3. The lowest BCUT2D eigenvalue weighted by molar-refractivity contribution is 0.101. The highest BCUT2D eigenvalue weighted by molar-refractivity contribution is 6.12. The molecular formula is C23H18N2O5. The molecule has 3 aromatic heterocycles. The Balaban J connectivity index is 1.94. The summed E-state index contributed by atoms with van der Waals surface area (Å²) >= 11 is 0. The Bertz CT molecular complexity index is 1400. The van der Waals surface area contributed by atoms with E-state index in [2.05, 4.69) is 0 Å². The topological polar surface area (TPSA) is 109 Å². The molecule has 4 rings (SSSR count). The molecule has 0 aliphatic rings. The van der Waals surface area contributed by atoms with Crippen LogP contribution in [0.5, 0.6) is 5.88 Å². The summed E-state index contributed by atoms with van der Waals surface area (Å²) in [6.45, 7) is 5.04. The fourth-order valence-electron chi connectivity index (χ4n) is 3.59. The number of pyridine rings is 1. The van der Waals surface area contributed by atoms with E-state index < -0.39 is 17.2 Å². The molecule has 150 valence electrons. The molecule has 0 aliphatic carbocycles.